The normalized spacial score (nSPS) is 20.1. The third-order valence-electron chi connectivity index (χ3n) is 6.61. The van der Waals surface area contributed by atoms with Gasteiger partial charge in [0.15, 0.2) is 8.87 Å². The molecular formula is C25H45N5O6S3. The monoisotopic (exact) mass is 607 g/mol. The Morgan fingerprint density at radius 1 is 0.821 bits per heavy atom. The molecule has 2 rings (SSSR count). The Morgan fingerprint density at radius 2 is 1.36 bits per heavy atom. The van der Waals surface area contributed by atoms with E-state index >= 15 is 0 Å². The van der Waals surface area contributed by atoms with Gasteiger partial charge in [0.1, 0.15) is 0 Å². The quantitative estimate of drug-likeness (QED) is 0.0750. The number of carbonyl (C=O) groups is 4. The molecule has 5 N–H and O–H groups in total. The molecule has 0 radical (unpaired) electrons. The number of urea groups is 1. The van der Waals surface area contributed by atoms with Crippen molar-refractivity contribution in [1.82, 2.24) is 26.6 Å². The zero-order valence-corrected chi connectivity index (χ0v) is 25.4. The molecule has 5 amide bonds. The molecule has 14 heteroatoms. The molecule has 0 aromatic carbocycles. The van der Waals surface area contributed by atoms with Gasteiger partial charge in [0.25, 0.3) is 0 Å². The summed E-state index contributed by atoms with van der Waals surface area (Å²) in [5.41, 5.74) is 0. The summed E-state index contributed by atoms with van der Waals surface area (Å²) in [4.78, 5) is 47.1. The van der Waals surface area contributed by atoms with Gasteiger partial charge in [-0.1, -0.05) is 19.3 Å². The van der Waals surface area contributed by atoms with Crippen molar-refractivity contribution in [3.05, 3.63) is 0 Å². The smallest absolute Gasteiger partial charge is 0.315 e. The van der Waals surface area contributed by atoms with Crippen molar-refractivity contribution < 1.29 is 27.6 Å². The van der Waals surface area contributed by atoms with Gasteiger partial charge >= 0.3 is 6.03 Å². The fraction of sp³-hybridized carbons (Fsp3) is 0.840. The van der Waals surface area contributed by atoms with Gasteiger partial charge in [-0.2, -0.15) is 11.8 Å². The molecule has 2 aliphatic heterocycles. The second kappa shape index (κ2) is 18.6. The highest BCUT2D eigenvalue weighted by Gasteiger charge is 2.42. The van der Waals surface area contributed by atoms with Crippen molar-refractivity contribution in [3.63, 3.8) is 0 Å². The molecule has 2 fully saturated rings. The lowest BCUT2D eigenvalue weighted by Gasteiger charge is -2.16. The average Bonchev–Trinajstić information content (AvgIpc) is 3.42. The zero-order valence-electron chi connectivity index (χ0n) is 22.9. The first-order valence-corrected chi connectivity index (χ1v) is 18.4. The van der Waals surface area contributed by atoms with E-state index in [4.69, 9.17) is 0 Å². The standard InChI is InChI=1S/C25H45N5O6S3/c1-39(35,36)38-17-16-28-23(33)12-5-3-9-14-26-21(31)11-4-2-8-15-27-22(32)13-7-6-10-20-24-19(18-37-20)29-25(34)30-24/h19-20,24H,2-18H2,1H3,(H,26,31)(H,27,32)(H,28,33)(H2,29,30,34)/t19-,20+,24-/m1/s1. The third kappa shape index (κ3) is 15.6. The average molecular weight is 608 g/mol. The second-order valence-corrected chi connectivity index (χ2v) is 15.9. The van der Waals surface area contributed by atoms with Crippen molar-refractivity contribution in [2.75, 3.05) is 37.4 Å². The van der Waals surface area contributed by atoms with Gasteiger partial charge in [-0.25, -0.2) is 13.2 Å². The van der Waals surface area contributed by atoms with Crippen LogP contribution in [0.15, 0.2) is 0 Å². The van der Waals surface area contributed by atoms with Crippen LogP contribution in [-0.2, 0) is 23.3 Å². The molecule has 2 saturated heterocycles. The van der Waals surface area contributed by atoms with Crippen molar-refractivity contribution in [1.29, 1.82) is 0 Å². The number of amides is 5. The number of unbranched alkanes of at least 4 members (excludes halogenated alkanes) is 5. The van der Waals surface area contributed by atoms with E-state index in [1.165, 1.54) is 0 Å². The summed E-state index contributed by atoms with van der Waals surface area (Å²) in [6, 6.07) is 0.396. The van der Waals surface area contributed by atoms with E-state index in [1.807, 2.05) is 11.8 Å². The number of thioether (sulfide) groups is 1. The third-order valence-corrected chi connectivity index (χ3v) is 10.7. The van der Waals surface area contributed by atoms with Gasteiger partial charge in [0.2, 0.25) is 17.7 Å². The van der Waals surface area contributed by atoms with Crippen LogP contribution in [0.5, 0.6) is 0 Å². The predicted molar refractivity (Wildman–Crippen MR) is 157 cm³/mol. The first-order chi connectivity index (χ1) is 18.6. The Hall–Kier alpha value is -1.67. The molecule has 224 valence electrons. The molecule has 0 aromatic rings. The van der Waals surface area contributed by atoms with Crippen LogP contribution >= 0.6 is 22.6 Å². The minimum absolute atomic E-state index is 0.0276. The second-order valence-electron chi connectivity index (χ2n) is 10.1. The van der Waals surface area contributed by atoms with Gasteiger partial charge in [-0.3, -0.25) is 14.4 Å². The summed E-state index contributed by atoms with van der Waals surface area (Å²) in [7, 11) is -2.25. The number of hydrogen-bond donors (Lipinski definition) is 5. The first-order valence-electron chi connectivity index (χ1n) is 14.0. The number of hydrogen-bond acceptors (Lipinski definition) is 8. The van der Waals surface area contributed by atoms with Crippen LogP contribution in [0.2, 0.25) is 0 Å². The number of fused-ring (bicyclic) bond motifs is 1. The van der Waals surface area contributed by atoms with Gasteiger partial charge in [-0.05, 0) is 49.3 Å². The minimum atomic E-state index is -3.07. The molecule has 0 spiro atoms. The molecule has 11 nitrogen and oxygen atoms in total. The lowest BCUT2D eigenvalue weighted by molar-refractivity contribution is -0.122. The highest BCUT2D eigenvalue weighted by atomic mass is 33.1. The number of rotatable bonds is 21. The van der Waals surface area contributed by atoms with Crippen LogP contribution < -0.4 is 26.6 Å². The summed E-state index contributed by atoms with van der Waals surface area (Å²) >= 11 is 1.90. The molecule has 2 heterocycles. The van der Waals surface area contributed by atoms with Crippen LogP contribution in [-0.4, -0.2) is 86.9 Å². The maximum absolute atomic E-state index is 12.0. The number of nitrogens with one attached hydrogen (secondary N) is 5. The Morgan fingerprint density at radius 3 is 1.92 bits per heavy atom. The van der Waals surface area contributed by atoms with E-state index in [2.05, 4.69) is 26.6 Å². The Labute approximate surface area is 240 Å². The van der Waals surface area contributed by atoms with Crippen LogP contribution in [0.1, 0.15) is 77.0 Å². The maximum atomic E-state index is 12.0. The molecule has 0 aliphatic carbocycles. The molecular weight excluding hydrogens is 563 g/mol. The molecule has 0 unspecified atom stereocenters. The van der Waals surface area contributed by atoms with Crippen LogP contribution in [0.4, 0.5) is 4.79 Å². The minimum Gasteiger partial charge on any atom is -0.356 e. The summed E-state index contributed by atoms with van der Waals surface area (Å²) < 4.78 is 22.0. The molecule has 0 saturated carbocycles. The van der Waals surface area contributed by atoms with Crippen molar-refractivity contribution in [2.24, 2.45) is 0 Å². The lowest BCUT2D eigenvalue weighted by Crippen LogP contribution is -2.36. The fourth-order valence-corrected chi connectivity index (χ4v) is 7.74. The van der Waals surface area contributed by atoms with E-state index in [0.717, 1.165) is 80.6 Å². The van der Waals surface area contributed by atoms with E-state index in [1.54, 1.807) is 0 Å². The molecule has 0 aromatic heterocycles. The molecule has 0 bridgehead atoms. The number of carbonyl (C=O) groups excluding carboxylic acids is 4. The molecule has 39 heavy (non-hydrogen) atoms. The Bertz CT molecular complexity index is 905. The topological polar surface area (TPSA) is 163 Å². The van der Waals surface area contributed by atoms with Gasteiger partial charge in [-0.15, -0.1) is 0 Å². The SMILES string of the molecule is CS(=O)(=O)SCCNC(=O)CCCCCNC(=O)CCCCCNC(=O)CCCC[C@@H]1SC[C@H]2NC(=O)N[C@@H]12. The van der Waals surface area contributed by atoms with Crippen molar-refractivity contribution in [2.45, 2.75) is 94.4 Å². The Kier molecular flexibility index (Phi) is 16.0. The predicted octanol–water partition coefficient (Wildman–Crippen LogP) is 1.87. The summed E-state index contributed by atoms with van der Waals surface area (Å²) in [6.45, 7) is 1.56. The summed E-state index contributed by atoms with van der Waals surface area (Å²) in [5, 5.41) is 14.9. The van der Waals surface area contributed by atoms with E-state index < -0.39 is 8.87 Å². The highest BCUT2D eigenvalue weighted by molar-refractivity contribution is 8.71. The van der Waals surface area contributed by atoms with E-state index in [-0.39, 0.29) is 35.8 Å². The van der Waals surface area contributed by atoms with Gasteiger partial charge < -0.3 is 26.6 Å². The molecule has 3 atom stereocenters. The first kappa shape index (κ1) is 33.5. The van der Waals surface area contributed by atoms with Gasteiger partial charge in [0, 0.05) is 61.9 Å². The highest BCUT2D eigenvalue weighted by Crippen LogP contribution is 2.33. The summed E-state index contributed by atoms with van der Waals surface area (Å²) in [6.07, 6.45) is 10.3. The van der Waals surface area contributed by atoms with Crippen LogP contribution in [0, 0.1) is 0 Å². The summed E-state index contributed by atoms with van der Waals surface area (Å²) in [5.74, 6) is 1.31. The zero-order chi connectivity index (χ0) is 28.5. The van der Waals surface area contributed by atoms with E-state index in [0.29, 0.717) is 49.9 Å². The lowest BCUT2D eigenvalue weighted by atomic mass is 10.0. The van der Waals surface area contributed by atoms with Crippen LogP contribution in [0.25, 0.3) is 0 Å². The fourth-order valence-electron chi connectivity index (χ4n) is 4.55. The van der Waals surface area contributed by atoms with Gasteiger partial charge in [0.05, 0.1) is 12.1 Å². The largest absolute Gasteiger partial charge is 0.356 e. The van der Waals surface area contributed by atoms with E-state index in [9.17, 15) is 27.6 Å². The molecule has 2 aliphatic rings. The maximum Gasteiger partial charge on any atom is 0.315 e. The van der Waals surface area contributed by atoms with Crippen LogP contribution in [0.3, 0.4) is 0 Å². The Balaban J connectivity index is 1.32. The van der Waals surface area contributed by atoms with Crippen molar-refractivity contribution >= 4 is 55.2 Å². The van der Waals surface area contributed by atoms with Crippen molar-refractivity contribution in [3.8, 4) is 0 Å².